The minimum absolute atomic E-state index is 0.0242. The molecule has 0 radical (unpaired) electrons. The molecular weight excluding hydrogens is 502 g/mol. The van der Waals surface area contributed by atoms with Gasteiger partial charge in [-0.05, 0) is 55.6 Å². The van der Waals surface area contributed by atoms with E-state index in [1.54, 1.807) is 36.4 Å². The molecule has 0 saturated carbocycles. The third kappa shape index (κ3) is 4.12. The zero-order valence-corrected chi connectivity index (χ0v) is 20.7. The molecule has 4 aromatic rings. The molecule has 2 aromatic heterocycles. The number of nitrogens with zero attached hydrogens (tertiary/aromatic N) is 3. The molecule has 11 heteroatoms. The van der Waals surface area contributed by atoms with Crippen LogP contribution in [0.25, 0.3) is 16.0 Å². The van der Waals surface area contributed by atoms with Crippen LogP contribution in [0.5, 0.6) is 5.75 Å². The van der Waals surface area contributed by atoms with Gasteiger partial charge in [0.15, 0.2) is 5.13 Å². The number of rotatable bonds is 6. The second kappa shape index (κ2) is 9.17. The van der Waals surface area contributed by atoms with Crippen LogP contribution in [-0.2, 0) is 9.59 Å². The van der Waals surface area contributed by atoms with Crippen LogP contribution in [0.15, 0.2) is 65.6 Å². The fourth-order valence-corrected chi connectivity index (χ4v) is 5.83. The Morgan fingerprint density at radius 1 is 1.17 bits per heavy atom. The monoisotopic (exact) mass is 521 g/mol. The van der Waals surface area contributed by atoms with Gasteiger partial charge in [-0.25, -0.2) is 4.98 Å². The fourth-order valence-electron chi connectivity index (χ4n) is 3.98. The lowest BCUT2D eigenvalue weighted by Gasteiger charge is -2.21. The van der Waals surface area contributed by atoms with Gasteiger partial charge in [-0.3, -0.25) is 24.6 Å². The second-order valence-corrected chi connectivity index (χ2v) is 10.3. The summed E-state index contributed by atoms with van der Waals surface area (Å²) in [5, 5.41) is 24.4. The maximum atomic E-state index is 13.3. The number of ketones is 1. The molecule has 9 nitrogen and oxygen atoms in total. The minimum Gasteiger partial charge on any atom is -0.507 e. The van der Waals surface area contributed by atoms with Crippen LogP contribution in [0.2, 0.25) is 0 Å². The molecule has 1 N–H and O–H groups in total. The molecule has 0 spiro atoms. The highest BCUT2D eigenvalue weighted by Gasteiger charge is 2.48. The van der Waals surface area contributed by atoms with E-state index in [1.165, 1.54) is 34.4 Å². The average Bonchev–Trinajstić information content (AvgIpc) is 3.57. The number of Topliss-reactive ketones (excluding diaryl/α,β-unsaturated/α-hetero) is 1. The molecule has 1 unspecified atom stereocenters. The van der Waals surface area contributed by atoms with Crippen LogP contribution < -0.4 is 9.64 Å². The first kappa shape index (κ1) is 23.6. The molecule has 1 fully saturated rings. The molecule has 0 bridgehead atoms. The number of hydrogen-bond acceptors (Lipinski definition) is 9. The zero-order chi connectivity index (χ0) is 25.6. The van der Waals surface area contributed by atoms with Crippen LogP contribution in [0, 0.1) is 10.1 Å². The molecule has 182 valence electrons. The summed E-state index contributed by atoms with van der Waals surface area (Å²) in [6, 6.07) is 13.5. The van der Waals surface area contributed by atoms with Gasteiger partial charge in [0.25, 0.3) is 11.5 Å². The van der Waals surface area contributed by atoms with Crippen LogP contribution in [0.3, 0.4) is 0 Å². The van der Waals surface area contributed by atoms with Gasteiger partial charge in [-0.2, -0.15) is 0 Å². The van der Waals surface area contributed by atoms with E-state index in [9.17, 15) is 24.8 Å². The first-order valence-electron chi connectivity index (χ1n) is 10.9. The van der Waals surface area contributed by atoms with Crippen molar-refractivity contribution in [2.45, 2.75) is 26.0 Å². The summed E-state index contributed by atoms with van der Waals surface area (Å²) >= 11 is 2.41. The minimum atomic E-state index is -0.896. The van der Waals surface area contributed by atoms with Gasteiger partial charge >= 0.3 is 5.91 Å². The Balaban J connectivity index is 1.62. The van der Waals surface area contributed by atoms with E-state index in [0.29, 0.717) is 26.4 Å². The third-order valence-corrected chi connectivity index (χ3v) is 7.48. The highest BCUT2D eigenvalue weighted by Crippen LogP contribution is 2.45. The van der Waals surface area contributed by atoms with Crippen molar-refractivity contribution in [2.24, 2.45) is 0 Å². The number of ether oxygens (including phenoxy) is 1. The molecular formula is C25H19N3O6S2. The van der Waals surface area contributed by atoms with Crippen molar-refractivity contribution in [2.75, 3.05) is 4.90 Å². The maximum absolute atomic E-state index is 13.3. The lowest BCUT2D eigenvalue weighted by Crippen LogP contribution is -2.28. The van der Waals surface area contributed by atoms with E-state index >= 15 is 0 Å². The number of amides is 1. The number of carbonyl (C=O) groups excluding carboxylic acids is 2. The van der Waals surface area contributed by atoms with E-state index in [1.807, 2.05) is 19.2 Å². The van der Waals surface area contributed by atoms with Crippen molar-refractivity contribution >= 4 is 61.2 Å². The van der Waals surface area contributed by atoms with Crippen LogP contribution in [-0.4, -0.2) is 32.8 Å². The molecule has 1 saturated heterocycles. The van der Waals surface area contributed by atoms with Crippen molar-refractivity contribution in [1.29, 1.82) is 0 Å². The number of carbonyl (C=O) groups is 2. The number of thiazole rings is 1. The summed E-state index contributed by atoms with van der Waals surface area (Å²) in [6.45, 7) is 3.80. The number of anilines is 1. The number of non-ortho nitro benzene ring substituents is 1. The van der Waals surface area contributed by atoms with Crippen molar-refractivity contribution in [3.05, 3.63) is 86.1 Å². The summed E-state index contributed by atoms with van der Waals surface area (Å²) < 4.78 is 6.15. The average molecular weight is 522 g/mol. The smallest absolute Gasteiger partial charge is 0.301 e. The summed E-state index contributed by atoms with van der Waals surface area (Å²) in [4.78, 5) is 43.6. The van der Waals surface area contributed by atoms with Gasteiger partial charge < -0.3 is 9.84 Å². The molecule has 1 atom stereocenters. The van der Waals surface area contributed by atoms with Gasteiger partial charge in [-0.15, -0.1) is 11.3 Å². The number of nitro groups is 1. The van der Waals surface area contributed by atoms with E-state index in [-0.39, 0.29) is 28.3 Å². The largest absolute Gasteiger partial charge is 0.507 e. The molecule has 1 aliphatic rings. The highest BCUT2D eigenvalue weighted by atomic mass is 32.1. The summed E-state index contributed by atoms with van der Waals surface area (Å²) in [5.74, 6) is -1.36. The topological polar surface area (TPSA) is 123 Å². The predicted octanol–water partition coefficient (Wildman–Crippen LogP) is 5.68. The van der Waals surface area contributed by atoms with Crippen molar-refractivity contribution in [1.82, 2.24) is 4.98 Å². The lowest BCUT2D eigenvalue weighted by atomic mass is 10.00. The number of thiophene rings is 1. The molecule has 2 aromatic carbocycles. The first-order chi connectivity index (χ1) is 17.2. The Morgan fingerprint density at radius 3 is 2.56 bits per heavy atom. The lowest BCUT2D eigenvalue weighted by molar-refractivity contribution is -0.384. The van der Waals surface area contributed by atoms with E-state index in [4.69, 9.17) is 4.74 Å². The predicted molar refractivity (Wildman–Crippen MR) is 138 cm³/mol. The van der Waals surface area contributed by atoms with E-state index < -0.39 is 22.7 Å². The first-order valence-corrected chi connectivity index (χ1v) is 12.6. The molecule has 1 amide bonds. The van der Waals surface area contributed by atoms with Gasteiger partial charge in [0.05, 0.1) is 26.8 Å². The van der Waals surface area contributed by atoms with Crippen LogP contribution in [0.1, 0.15) is 30.3 Å². The summed E-state index contributed by atoms with van der Waals surface area (Å²) in [5.41, 5.74) is 0.684. The van der Waals surface area contributed by atoms with E-state index in [2.05, 4.69) is 4.98 Å². The van der Waals surface area contributed by atoms with Gasteiger partial charge in [-0.1, -0.05) is 17.4 Å². The Morgan fingerprint density at radius 2 is 1.92 bits per heavy atom. The molecule has 5 rings (SSSR count). The van der Waals surface area contributed by atoms with Crippen LogP contribution >= 0.6 is 22.7 Å². The number of hydrogen-bond donors (Lipinski definition) is 1. The van der Waals surface area contributed by atoms with Gasteiger partial charge in [0.1, 0.15) is 17.6 Å². The Kier molecular flexibility index (Phi) is 6.02. The summed E-state index contributed by atoms with van der Waals surface area (Å²) in [6.07, 6.45) is -0.0242. The normalized spacial score (nSPS) is 17.3. The Bertz CT molecular complexity index is 1520. The fraction of sp³-hybridized carbons (Fsp3) is 0.160. The van der Waals surface area contributed by atoms with E-state index in [0.717, 1.165) is 11.3 Å². The maximum Gasteiger partial charge on any atom is 0.301 e. The quantitative estimate of drug-likeness (QED) is 0.114. The van der Waals surface area contributed by atoms with Crippen molar-refractivity contribution in [3.8, 4) is 5.75 Å². The molecule has 0 aliphatic carbocycles. The SMILES string of the molecule is CC(C)Oc1ccc(/C(O)=C2\C(=O)C(=O)N(c3nc4ccc([N+](=O)[O-])cc4s3)C2c2cccs2)cc1. The number of aliphatic hydroxyl groups is 1. The Hall–Kier alpha value is -4.09. The number of nitro benzene ring substituents is 1. The number of aromatic nitrogens is 1. The number of fused-ring (bicyclic) bond motifs is 1. The third-order valence-electron chi connectivity index (χ3n) is 5.53. The van der Waals surface area contributed by atoms with Gasteiger partial charge in [0.2, 0.25) is 0 Å². The zero-order valence-electron chi connectivity index (χ0n) is 19.1. The molecule has 1 aliphatic heterocycles. The highest BCUT2D eigenvalue weighted by molar-refractivity contribution is 7.22. The number of aliphatic hydroxyl groups excluding tert-OH is 1. The van der Waals surface area contributed by atoms with Gasteiger partial charge in [0, 0.05) is 22.6 Å². The van der Waals surface area contributed by atoms with Crippen molar-refractivity contribution in [3.63, 3.8) is 0 Å². The summed E-state index contributed by atoms with van der Waals surface area (Å²) in [7, 11) is 0. The Labute approximate surface area is 213 Å². The molecule has 3 heterocycles. The molecule has 36 heavy (non-hydrogen) atoms. The number of benzene rings is 2. The van der Waals surface area contributed by atoms with Crippen molar-refractivity contribution < 1.29 is 24.4 Å². The standard InChI is InChI=1S/C25H19N3O6S2/c1-13(2)34-16-8-5-14(6-9-16)22(29)20-21(18-4-3-11-35-18)27(24(31)23(20)30)25-26-17-10-7-15(28(32)33)12-19(17)36-25/h3-13,21,29H,1-2H3/b22-20+. The van der Waals surface area contributed by atoms with Crippen LogP contribution in [0.4, 0.5) is 10.8 Å². The second-order valence-electron chi connectivity index (χ2n) is 8.28.